The van der Waals surface area contributed by atoms with Gasteiger partial charge in [-0.2, -0.15) is 0 Å². The summed E-state index contributed by atoms with van der Waals surface area (Å²) in [6.45, 7) is 2.36. The zero-order valence-electron chi connectivity index (χ0n) is 9.09. The first kappa shape index (κ1) is 13.3. The van der Waals surface area contributed by atoms with E-state index in [0.29, 0.717) is 18.9 Å². The molecule has 0 aromatic rings. The second kappa shape index (κ2) is 6.07. The third kappa shape index (κ3) is 3.10. The first-order valence-corrected chi connectivity index (χ1v) is 6.06. The van der Waals surface area contributed by atoms with Crippen molar-refractivity contribution in [2.45, 2.75) is 18.3 Å². The molecular formula is C9H16N2O4S. The molecule has 0 aliphatic carbocycles. The average Bonchev–Trinajstić information content (AvgIpc) is 2.60. The Hall–Kier alpha value is -0.790. The van der Waals surface area contributed by atoms with Crippen LogP contribution in [0.5, 0.6) is 0 Å². The van der Waals surface area contributed by atoms with E-state index < -0.39 is 12.0 Å². The molecule has 0 radical (unpaired) electrons. The average molecular weight is 248 g/mol. The maximum atomic E-state index is 11.7. The lowest BCUT2D eigenvalue weighted by Crippen LogP contribution is -2.46. The molecule has 1 rings (SSSR count). The number of hydrogen-bond donors (Lipinski definition) is 2. The summed E-state index contributed by atoms with van der Waals surface area (Å²) in [4.78, 5) is 24.0. The Labute approximate surface area is 98.1 Å². The van der Waals surface area contributed by atoms with Crippen LogP contribution in [0, 0.1) is 0 Å². The van der Waals surface area contributed by atoms with E-state index in [1.54, 1.807) is 0 Å². The molecule has 16 heavy (non-hydrogen) atoms. The van der Waals surface area contributed by atoms with Crippen molar-refractivity contribution in [1.29, 1.82) is 0 Å². The number of nitrogens with zero attached hydrogens (tertiary/aromatic N) is 1. The highest BCUT2D eigenvalue weighted by Gasteiger charge is 2.39. The van der Waals surface area contributed by atoms with Crippen molar-refractivity contribution in [3.63, 3.8) is 0 Å². The SMILES string of the molecule is CC1SCC(C(=O)O)N1C(=O)COCCN. The number of thioether (sulfide) groups is 1. The zero-order chi connectivity index (χ0) is 12.1. The van der Waals surface area contributed by atoms with Crippen LogP contribution in [0.15, 0.2) is 0 Å². The summed E-state index contributed by atoms with van der Waals surface area (Å²) in [5.74, 6) is -0.832. The molecule has 0 saturated carbocycles. The van der Waals surface area contributed by atoms with Gasteiger partial charge in [0.15, 0.2) is 0 Å². The van der Waals surface area contributed by atoms with E-state index in [9.17, 15) is 9.59 Å². The lowest BCUT2D eigenvalue weighted by atomic mass is 10.3. The van der Waals surface area contributed by atoms with Crippen LogP contribution < -0.4 is 5.73 Å². The number of amides is 1. The second-order valence-electron chi connectivity index (χ2n) is 3.43. The molecule has 6 nitrogen and oxygen atoms in total. The molecule has 0 bridgehead atoms. The van der Waals surface area contributed by atoms with Gasteiger partial charge in [-0.15, -0.1) is 11.8 Å². The summed E-state index contributed by atoms with van der Waals surface area (Å²) in [5.41, 5.74) is 5.22. The molecule has 1 amide bonds. The summed E-state index contributed by atoms with van der Waals surface area (Å²) in [6, 6.07) is -0.742. The predicted molar refractivity (Wildman–Crippen MR) is 60.1 cm³/mol. The summed E-state index contributed by atoms with van der Waals surface area (Å²) in [6.07, 6.45) is 0. The fraction of sp³-hybridized carbons (Fsp3) is 0.778. The quantitative estimate of drug-likeness (QED) is 0.627. The topological polar surface area (TPSA) is 92.9 Å². The number of carbonyl (C=O) groups excluding carboxylic acids is 1. The van der Waals surface area contributed by atoms with Crippen LogP contribution in [0.3, 0.4) is 0 Å². The van der Waals surface area contributed by atoms with Crippen LogP contribution in [-0.4, -0.2) is 58.8 Å². The second-order valence-corrected chi connectivity index (χ2v) is 4.78. The smallest absolute Gasteiger partial charge is 0.327 e. The normalized spacial score (nSPS) is 24.8. The lowest BCUT2D eigenvalue weighted by Gasteiger charge is -2.24. The number of nitrogens with two attached hydrogens (primary N) is 1. The fourth-order valence-corrected chi connectivity index (χ4v) is 2.72. The molecule has 0 aromatic carbocycles. The Morgan fingerprint density at radius 1 is 1.62 bits per heavy atom. The van der Waals surface area contributed by atoms with E-state index in [1.165, 1.54) is 16.7 Å². The number of carbonyl (C=O) groups is 2. The van der Waals surface area contributed by atoms with Crippen molar-refractivity contribution >= 4 is 23.6 Å². The largest absolute Gasteiger partial charge is 0.480 e. The zero-order valence-corrected chi connectivity index (χ0v) is 9.90. The molecule has 1 heterocycles. The van der Waals surface area contributed by atoms with E-state index in [1.807, 2.05) is 6.92 Å². The minimum atomic E-state index is -0.968. The Kier molecular flexibility index (Phi) is 5.04. The van der Waals surface area contributed by atoms with E-state index in [4.69, 9.17) is 15.6 Å². The van der Waals surface area contributed by atoms with E-state index in [-0.39, 0.29) is 17.9 Å². The molecule has 1 aliphatic heterocycles. The highest BCUT2D eigenvalue weighted by Crippen LogP contribution is 2.28. The van der Waals surface area contributed by atoms with Crippen molar-refractivity contribution < 1.29 is 19.4 Å². The monoisotopic (exact) mass is 248 g/mol. The Balaban J connectivity index is 2.54. The molecule has 2 atom stereocenters. The first-order valence-electron chi connectivity index (χ1n) is 5.01. The minimum Gasteiger partial charge on any atom is -0.480 e. The van der Waals surface area contributed by atoms with Crippen molar-refractivity contribution in [3.05, 3.63) is 0 Å². The summed E-state index contributed by atoms with van der Waals surface area (Å²) >= 11 is 1.45. The molecule has 0 aromatic heterocycles. The van der Waals surface area contributed by atoms with Crippen LogP contribution in [0.4, 0.5) is 0 Å². The van der Waals surface area contributed by atoms with Gasteiger partial charge in [-0.1, -0.05) is 0 Å². The van der Waals surface area contributed by atoms with Crippen LogP contribution in [-0.2, 0) is 14.3 Å². The maximum Gasteiger partial charge on any atom is 0.327 e. The summed E-state index contributed by atoms with van der Waals surface area (Å²) in [5, 5.41) is 8.84. The Morgan fingerprint density at radius 2 is 2.31 bits per heavy atom. The number of aliphatic carboxylic acids is 1. The molecule has 1 aliphatic rings. The van der Waals surface area contributed by atoms with Crippen LogP contribution in [0.2, 0.25) is 0 Å². The Bertz CT molecular complexity index is 274. The number of rotatable bonds is 5. The van der Waals surface area contributed by atoms with Gasteiger partial charge in [0.2, 0.25) is 5.91 Å². The number of carboxylic acid groups (broad SMARTS) is 1. The molecule has 0 spiro atoms. The van der Waals surface area contributed by atoms with Gasteiger partial charge >= 0.3 is 5.97 Å². The van der Waals surface area contributed by atoms with E-state index in [2.05, 4.69) is 0 Å². The van der Waals surface area contributed by atoms with Gasteiger partial charge < -0.3 is 20.5 Å². The van der Waals surface area contributed by atoms with Crippen molar-refractivity contribution in [3.8, 4) is 0 Å². The van der Waals surface area contributed by atoms with Gasteiger partial charge in [-0.05, 0) is 6.92 Å². The van der Waals surface area contributed by atoms with Gasteiger partial charge in [0.1, 0.15) is 12.6 Å². The van der Waals surface area contributed by atoms with Crippen molar-refractivity contribution in [1.82, 2.24) is 4.90 Å². The predicted octanol–water partition coefficient (Wildman–Crippen LogP) is -0.664. The fourth-order valence-electron chi connectivity index (χ4n) is 1.53. The number of carboxylic acids is 1. The molecule has 1 fully saturated rings. The van der Waals surface area contributed by atoms with Crippen LogP contribution >= 0.6 is 11.8 Å². The molecule has 92 valence electrons. The van der Waals surface area contributed by atoms with Gasteiger partial charge in [0.05, 0.1) is 12.0 Å². The van der Waals surface area contributed by atoms with Gasteiger partial charge in [-0.3, -0.25) is 4.79 Å². The standard InChI is InChI=1S/C9H16N2O4S/c1-6-11(7(5-16-6)9(13)14)8(12)4-15-3-2-10/h6-7H,2-5,10H2,1H3,(H,13,14). The van der Waals surface area contributed by atoms with Crippen molar-refractivity contribution in [2.24, 2.45) is 5.73 Å². The van der Waals surface area contributed by atoms with Gasteiger partial charge in [0, 0.05) is 12.3 Å². The van der Waals surface area contributed by atoms with Crippen LogP contribution in [0.1, 0.15) is 6.92 Å². The van der Waals surface area contributed by atoms with E-state index >= 15 is 0 Å². The Morgan fingerprint density at radius 3 is 2.88 bits per heavy atom. The maximum absolute atomic E-state index is 11.7. The summed E-state index contributed by atoms with van der Waals surface area (Å²) in [7, 11) is 0. The highest BCUT2D eigenvalue weighted by atomic mass is 32.2. The molecule has 1 saturated heterocycles. The van der Waals surface area contributed by atoms with Gasteiger partial charge in [-0.25, -0.2) is 4.79 Å². The van der Waals surface area contributed by atoms with Gasteiger partial charge in [0.25, 0.3) is 0 Å². The lowest BCUT2D eigenvalue weighted by molar-refractivity contribution is -0.150. The van der Waals surface area contributed by atoms with E-state index in [0.717, 1.165) is 0 Å². The third-order valence-corrected chi connectivity index (χ3v) is 3.50. The third-order valence-electron chi connectivity index (χ3n) is 2.28. The van der Waals surface area contributed by atoms with Crippen LogP contribution in [0.25, 0.3) is 0 Å². The molecular weight excluding hydrogens is 232 g/mol. The first-order chi connectivity index (χ1) is 7.57. The minimum absolute atomic E-state index is 0.105. The molecule has 2 unspecified atom stereocenters. The van der Waals surface area contributed by atoms with Crippen molar-refractivity contribution in [2.75, 3.05) is 25.5 Å². The number of hydrogen-bond acceptors (Lipinski definition) is 5. The highest BCUT2D eigenvalue weighted by molar-refractivity contribution is 8.00. The number of ether oxygens (including phenoxy) is 1. The molecule has 3 N–H and O–H groups in total. The molecule has 7 heteroatoms. The summed E-state index contributed by atoms with van der Waals surface area (Å²) < 4.78 is 5.02.